The first-order valence-electron chi connectivity index (χ1n) is 12.9. The van der Waals surface area contributed by atoms with E-state index >= 15 is 0 Å². The van der Waals surface area contributed by atoms with Crippen molar-refractivity contribution in [1.82, 2.24) is 24.8 Å². The fraction of sp³-hybridized carbons (Fsp3) is 0.593. The maximum Gasteiger partial charge on any atom is 0.225 e. The number of hydrogen-bond acceptors (Lipinski definition) is 7. The third-order valence-corrected chi connectivity index (χ3v) is 6.85. The van der Waals surface area contributed by atoms with Crippen molar-refractivity contribution in [3.63, 3.8) is 0 Å². The zero-order valence-corrected chi connectivity index (χ0v) is 21.8. The highest BCUT2D eigenvalue weighted by Crippen LogP contribution is 2.32. The zero-order valence-electron chi connectivity index (χ0n) is 21.8. The van der Waals surface area contributed by atoms with Crippen LogP contribution in [-0.2, 0) is 15.0 Å². The minimum Gasteiger partial charge on any atom is -0.470 e. The first-order chi connectivity index (χ1) is 17.2. The van der Waals surface area contributed by atoms with E-state index < -0.39 is 0 Å². The third-order valence-electron chi connectivity index (χ3n) is 6.85. The van der Waals surface area contributed by atoms with Crippen LogP contribution in [0.4, 0.5) is 5.82 Å². The van der Waals surface area contributed by atoms with Gasteiger partial charge >= 0.3 is 0 Å². The Labute approximate surface area is 213 Å². The zero-order chi connectivity index (χ0) is 25.7. The lowest BCUT2D eigenvalue weighted by Gasteiger charge is -2.37. The number of amides is 2. The van der Waals surface area contributed by atoms with Crippen LogP contribution in [0.3, 0.4) is 0 Å². The highest BCUT2D eigenvalue weighted by Gasteiger charge is 2.35. The van der Waals surface area contributed by atoms with E-state index in [2.05, 4.69) is 58.1 Å². The first-order valence-corrected chi connectivity index (χ1v) is 12.9. The lowest BCUT2D eigenvalue weighted by atomic mass is 9.88. The second-order valence-corrected chi connectivity index (χ2v) is 10.9. The number of pyridine rings is 1. The van der Waals surface area contributed by atoms with Crippen LogP contribution in [0.5, 0.6) is 5.88 Å². The predicted octanol–water partition coefficient (Wildman–Crippen LogP) is 3.28. The van der Waals surface area contributed by atoms with Crippen molar-refractivity contribution in [2.24, 2.45) is 5.92 Å². The highest BCUT2D eigenvalue weighted by molar-refractivity contribution is 5.81. The first kappa shape index (κ1) is 25.9. The fourth-order valence-corrected chi connectivity index (χ4v) is 4.31. The van der Waals surface area contributed by atoms with Crippen molar-refractivity contribution in [1.29, 1.82) is 0 Å². The summed E-state index contributed by atoms with van der Waals surface area (Å²) in [7, 11) is 0. The summed E-state index contributed by atoms with van der Waals surface area (Å²) in [6.07, 6.45) is 9.25. The van der Waals surface area contributed by atoms with Crippen LogP contribution in [0.15, 0.2) is 36.9 Å². The van der Waals surface area contributed by atoms with Crippen molar-refractivity contribution >= 4 is 17.6 Å². The smallest absolute Gasteiger partial charge is 0.225 e. The number of aromatic nitrogens is 3. The Morgan fingerprint density at radius 1 is 1.00 bits per heavy atom. The van der Waals surface area contributed by atoms with Crippen LogP contribution in [0.25, 0.3) is 0 Å². The lowest BCUT2D eigenvalue weighted by Crippen LogP contribution is -2.55. The number of anilines is 1. The van der Waals surface area contributed by atoms with Crippen molar-refractivity contribution in [3.05, 3.63) is 42.5 Å². The summed E-state index contributed by atoms with van der Waals surface area (Å²) in [5, 5.41) is 3.55. The number of carbonyl (C=O) groups excluding carboxylic acids is 2. The monoisotopic (exact) mass is 494 g/mol. The van der Waals surface area contributed by atoms with E-state index in [0.717, 1.165) is 44.6 Å². The molecular formula is C27H38N6O3. The summed E-state index contributed by atoms with van der Waals surface area (Å²) in [4.78, 5) is 38.9. The van der Waals surface area contributed by atoms with Crippen molar-refractivity contribution < 1.29 is 14.3 Å². The quantitative estimate of drug-likeness (QED) is 0.681. The number of nitrogens with zero attached hydrogens (tertiary/aromatic N) is 5. The molecule has 9 heteroatoms. The van der Waals surface area contributed by atoms with Crippen molar-refractivity contribution in [2.75, 3.05) is 31.5 Å². The molecule has 0 spiro atoms. The summed E-state index contributed by atoms with van der Waals surface area (Å²) in [6, 6.07) is 6.37. The molecule has 36 heavy (non-hydrogen) atoms. The molecule has 1 saturated carbocycles. The Morgan fingerprint density at radius 2 is 1.72 bits per heavy atom. The third kappa shape index (κ3) is 7.15. The van der Waals surface area contributed by atoms with Crippen molar-refractivity contribution in [2.45, 2.75) is 70.9 Å². The normalized spacial score (nSPS) is 18.6. The number of likely N-dealkylation sites (tertiary alicyclic amines) is 2. The summed E-state index contributed by atoms with van der Waals surface area (Å²) < 4.78 is 5.49. The molecule has 2 amide bonds. The van der Waals surface area contributed by atoms with Gasteiger partial charge in [-0.05, 0) is 48.8 Å². The maximum absolute atomic E-state index is 12.1. The second-order valence-electron chi connectivity index (χ2n) is 10.9. The topological polar surface area (TPSA) is 101 Å². The highest BCUT2D eigenvalue weighted by atomic mass is 16.5. The molecule has 3 aliphatic rings. The van der Waals surface area contributed by atoms with Gasteiger partial charge in [0.25, 0.3) is 0 Å². The predicted molar refractivity (Wildman–Crippen MR) is 138 cm³/mol. The molecule has 3 fully saturated rings. The molecule has 2 aliphatic heterocycles. The molecule has 2 saturated heterocycles. The minimum absolute atomic E-state index is 0.0776. The van der Waals surface area contributed by atoms with E-state index in [0.29, 0.717) is 36.8 Å². The van der Waals surface area contributed by atoms with Gasteiger partial charge < -0.3 is 19.9 Å². The van der Waals surface area contributed by atoms with E-state index in [-0.39, 0.29) is 17.4 Å². The number of nitrogens with one attached hydrogen (secondary N) is 1. The molecule has 0 aromatic carbocycles. The van der Waals surface area contributed by atoms with Gasteiger partial charge in [0.1, 0.15) is 18.2 Å². The molecule has 0 atom stereocenters. The van der Waals surface area contributed by atoms with E-state index in [9.17, 15) is 9.59 Å². The Balaban J connectivity index is 0.000000187. The number of carbonyl (C=O) groups is 2. The summed E-state index contributed by atoms with van der Waals surface area (Å²) in [5.74, 6) is 2.33. The molecule has 1 aliphatic carbocycles. The van der Waals surface area contributed by atoms with Gasteiger partial charge in [0.2, 0.25) is 17.7 Å². The molecule has 2 aromatic heterocycles. The van der Waals surface area contributed by atoms with Gasteiger partial charge in [-0.1, -0.05) is 20.8 Å². The Kier molecular flexibility index (Phi) is 8.06. The number of rotatable bonds is 5. The number of piperidine rings is 1. The van der Waals surface area contributed by atoms with Gasteiger partial charge in [-0.3, -0.25) is 9.59 Å². The van der Waals surface area contributed by atoms with Crippen LogP contribution in [0, 0.1) is 5.92 Å². The van der Waals surface area contributed by atoms with Crippen LogP contribution in [0.2, 0.25) is 0 Å². The van der Waals surface area contributed by atoms with Gasteiger partial charge in [-0.15, -0.1) is 0 Å². The average Bonchev–Trinajstić information content (AvgIpc) is 3.67. The van der Waals surface area contributed by atoms with Crippen LogP contribution in [0.1, 0.15) is 58.9 Å². The Bertz CT molecular complexity index is 1020. The average molecular weight is 495 g/mol. The minimum atomic E-state index is 0.0776. The van der Waals surface area contributed by atoms with E-state index in [1.54, 1.807) is 24.1 Å². The summed E-state index contributed by atoms with van der Waals surface area (Å²) in [5.41, 5.74) is 1.44. The van der Waals surface area contributed by atoms with Gasteiger partial charge in [-0.2, -0.15) is 0 Å². The summed E-state index contributed by atoms with van der Waals surface area (Å²) in [6.45, 7) is 11.3. The Hall–Kier alpha value is -3.23. The molecule has 2 aromatic rings. The largest absolute Gasteiger partial charge is 0.470 e. The SMILES string of the molecule is CC(=O)N1CC(Oc2ccncn2)C1.CC(C)(C)c1ccnc(NC2CCN(C(=O)C3CC3)CC2)c1. The summed E-state index contributed by atoms with van der Waals surface area (Å²) >= 11 is 0. The van der Waals surface area contributed by atoms with Gasteiger partial charge in [0.15, 0.2) is 0 Å². The maximum atomic E-state index is 12.1. The van der Waals surface area contributed by atoms with E-state index in [1.165, 1.54) is 11.9 Å². The van der Waals surface area contributed by atoms with Crippen LogP contribution < -0.4 is 10.1 Å². The second kappa shape index (κ2) is 11.2. The van der Waals surface area contributed by atoms with Crippen LogP contribution >= 0.6 is 0 Å². The Morgan fingerprint density at radius 3 is 2.31 bits per heavy atom. The molecule has 0 unspecified atom stereocenters. The standard InChI is InChI=1S/C18H27N3O.C9H11N3O2/c1-18(2,3)14-6-9-19-16(12-14)20-15-7-10-21(11-8-15)17(22)13-4-5-13;1-7(13)12-4-8(5-12)14-9-2-3-10-6-11-9/h6,9,12-13,15H,4-5,7-8,10-11H2,1-3H3,(H,19,20);2-3,6,8H,4-5H2,1H3. The molecule has 194 valence electrons. The van der Waals surface area contributed by atoms with E-state index in [4.69, 9.17) is 4.74 Å². The molecule has 9 nitrogen and oxygen atoms in total. The number of hydrogen-bond donors (Lipinski definition) is 1. The molecule has 1 N–H and O–H groups in total. The van der Waals surface area contributed by atoms with Gasteiger partial charge in [0, 0.05) is 50.4 Å². The van der Waals surface area contributed by atoms with Crippen LogP contribution in [-0.4, -0.2) is 74.9 Å². The molecular weight excluding hydrogens is 456 g/mol. The molecule has 0 radical (unpaired) electrons. The van der Waals surface area contributed by atoms with Gasteiger partial charge in [0.05, 0.1) is 13.1 Å². The molecule has 5 rings (SSSR count). The molecule has 4 heterocycles. The lowest BCUT2D eigenvalue weighted by molar-refractivity contribution is -0.137. The number of ether oxygens (including phenoxy) is 1. The molecule has 0 bridgehead atoms. The van der Waals surface area contributed by atoms with Gasteiger partial charge in [-0.25, -0.2) is 15.0 Å². The fourth-order valence-electron chi connectivity index (χ4n) is 4.31. The van der Waals surface area contributed by atoms with E-state index in [1.807, 2.05) is 6.20 Å². The van der Waals surface area contributed by atoms with Crippen molar-refractivity contribution in [3.8, 4) is 5.88 Å².